The van der Waals surface area contributed by atoms with Crippen LogP contribution in [0.2, 0.25) is 5.02 Å². The van der Waals surface area contributed by atoms with Gasteiger partial charge in [-0.2, -0.15) is 0 Å². The minimum Gasteiger partial charge on any atom is -0.308 e. The molecule has 6 heteroatoms. The lowest BCUT2D eigenvalue weighted by Gasteiger charge is -2.08. The standard InChI is InChI=1S/C13H12BrClN4/c14-9-5-8(3-4-10(9)15)13-17-11(7-1-2-7)6-12(18-13)19-16/h3-7H,1-2,16H2,(H,17,18,19). The fourth-order valence-corrected chi connectivity index (χ4v) is 2.39. The number of aromatic nitrogens is 2. The lowest BCUT2D eigenvalue weighted by molar-refractivity contribution is 0.991. The van der Waals surface area contributed by atoms with Crippen LogP contribution in [0.5, 0.6) is 0 Å². The molecule has 19 heavy (non-hydrogen) atoms. The molecule has 0 atom stereocenters. The van der Waals surface area contributed by atoms with E-state index in [0.29, 0.717) is 22.6 Å². The summed E-state index contributed by atoms with van der Waals surface area (Å²) >= 11 is 9.41. The molecule has 1 saturated carbocycles. The first-order valence-corrected chi connectivity index (χ1v) is 7.15. The minimum absolute atomic E-state index is 0.546. The molecule has 1 aliphatic carbocycles. The van der Waals surface area contributed by atoms with E-state index in [0.717, 1.165) is 15.7 Å². The van der Waals surface area contributed by atoms with E-state index in [4.69, 9.17) is 17.4 Å². The smallest absolute Gasteiger partial charge is 0.161 e. The third-order valence-electron chi connectivity index (χ3n) is 3.07. The molecule has 98 valence electrons. The van der Waals surface area contributed by atoms with E-state index in [1.807, 2.05) is 24.3 Å². The second-order valence-corrected chi connectivity index (χ2v) is 5.81. The first kappa shape index (κ1) is 12.8. The summed E-state index contributed by atoms with van der Waals surface area (Å²) in [5.74, 6) is 7.31. The van der Waals surface area contributed by atoms with Crippen LogP contribution in [0, 0.1) is 0 Å². The number of nitrogens with zero attached hydrogens (tertiary/aromatic N) is 2. The quantitative estimate of drug-likeness (QED) is 0.661. The minimum atomic E-state index is 0.546. The normalized spacial score (nSPS) is 14.5. The van der Waals surface area contributed by atoms with Crippen LogP contribution in [0.25, 0.3) is 11.4 Å². The molecule has 3 N–H and O–H groups in total. The van der Waals surface area contributed by atoms with Gasteiger partial charge in [0.25, 0.3) is 0 Å². The van der Waals surface area contributed by atoms with E-state index >= 15 is 0 Å². The molecule has 1 heterocycles. The van der Waals surface area contributed by atoms with Crippen LogP contribution in [-0.4, -0.2) is 9.97 Å². The average Bonchev–Trinajstić information content (AvgIpc) is 3.26. The number of hydrazine groups is 1. The Kier molecular flexibility index (Phi) is 3.43. The summed E-state index contributed by atoms with van der Waals surface area (Å²) < 4.78 is 0.828. The number of halogens is 2. The van der Waals surface area contributed by atoms with Gasteiger partial charge in [0.15, 0.2) is 5.82 Å². The highest BCUT2D eigenvalue weighted by Crippen LogP contribution is 2.40. The Hall–Kier alpha value is -1.17. The zero-order chi connectivity index (χ0) is 13.4. The van der Waals surface area contributed by atoms with Crippen molar-refractivity contribution in [1.29, 1.82) is 0 Å². The Labute approximate surface area is 124 Å². The highest BCUT2D eigenvalue weighted by molar-refractivity contribution is 9.10. The summed E-state index contributed by atoms with van der Waals surface area (Å²) in [6.07, 6.45) is 2.37. The molecule has 1 aromatic carbocycles. The number of nitrogens with two attached hydrogens (primary N) is 1. The van der Waals surface area contributed by atoms with E-state index < -0.39 is 0 Å². The lowest BCUT2D eigenvalue weighted by atomic mass is 10.2. The molecular formula is C13H12BrClN4. The van der Waals surface area contributed by atoms with Gasteiger partial charge in [-0.15, -0.1) is 0 Å². The number of hydrogen-bond acceptors (Lipinski definition) is 4. The van der Waals surface area contributed by atoms with Gasteiger partial charge in [0, 0.05) is 27.7 Å². The maximum atomic E-state index is 6.00. The highest BCUT2D eigenvalue weighted by Gasteiger charge is 2.26. The van der Waals surface area contributed by atoms with Crippen LogP contribution in [0.4, 0.5) is 5.82 Å². The molecule has 0 saturated heterocycles. The Morgan fingerprint density at radius 3 is 2.68 bits per heavy atom. The van der Waals surface area contributed by atoms with Gasteiger partial charge in [-0.3, -0.25) is 0 Å². The largest absolute Gasteiger partial charge is 0.308 e. The lowest BCUT2D eigenvalue weighted by Crippen LogP contribution is -2.10. The van der Waals surface area contributed by atoms with Gasteiger partial charge >= 0.3 is 0 Å². The third kappa shape index (κ3) is 2.73. The third-order valence-corrected chi connectivity index (χ3v) is 4.28. The zero-order valence-electron chi connectivity index (χ0n) is 10.0. The fourth-order valence-electron chi connectivity index (χ4n) is 1.89. The Balaban J connectivity index is 2.07. The zero-order valence-corrected chi connectivity index (χ0v) is 12.4. The van der Waals surface area contributed by atoms with Crippen molar-refractivity contribution in [2.45, 2.75) is 18.8 Å². The van der Waals surface area contributed by atoms with Gasteiger partial charge in [-0.05, 0) is 47.0 Å². The number of rotatable bonds is 3. The molecule has 0 aliphatic heterocycles. The van der Waals surface area contributed by atoms with Crippen LogP contribution in [0.3, 0.4) is 0 Å². The summed E-state index contributed by atoms with van der Waals surface area (Å²) in [5, 5.41) is 0.666. The SMILES string of the molecule is NNc1cc(C2CC2)nc(-c2ccc(Cl)c(Br)c2)n1. The number of hydrogen-bond donors (Lipinski definition) is 2. The van der Waals surface area contributed by atoms with Gasteiger partial charge in [0.05, 0.1) is 5.02 Å². The van der Waals surface area contributed by atoms with Crippen molar-refractivity contribution in [3.05, 3.63) is 39.5 Å². The van der Waals surface area contributed by atoms with Crippen molar-refractivity contribution in [2.24, 2.45) is 5.84 Å². The van der Waals surface area contributed by atoms with Gasteiger partial charge in [0.1, 0.15) is 5.82 Å². The summed E-state index contributed by atoms with van der Waals surface area (Å²) in [6.45, 7) is 0. The predicted octanol–water partition coefficient (Wildman–Crippen LogP) is 3.72. The molecule has 0 unspecified atom stereocenters. The van der Waals surface area contributed by atoms with Gasteiger partial charge < -0.3 is 5.43 Å². The van der Waals surface area contributed by atoms with Crippen LogP contribution in [0.1, 0.15) is 24.5 Å². The van der Waals surface area contributed by atoms with Crippen molar-refractivity contribution in [3.8, 4) is 11.4 Å². The molecule has 1 fully saturated rings. The van der Waals surface area contributed by atoms with Gasteiger partial charge in [-0.25, -0.2) is 15.8 Å². The summed E-state index contributed by atoms with van der Waals surface area (Å²) in [6, 6.07) is 7.55. The molecule has 4 nitrogen and oxygen atoms in total. The molecule has 0 amide bonds. The molecular weight excluding hydrogens is 328 g/mol. The predicted molar refractivity (Wildman–Crippen MR) is 80.0 cm³/mol. The van der Waals surface area contributed by atoms with E-state index in [-0.39, 0.29) is 0 Å². The maximum absolute atomic E-state index is 6.00. The highest BCUT2D eigenvalue weighted by atomic mass is 79.9. The second-order valence-electron chi connectivity index (χ2n) is 4.55. The van der Waals surface area contributed by atoms with E-state index in [1.54, 1.807) is 0 Å². The molecule has 1 aliphatic rings. The van der Waals surface area contributed by atoms with Crippen molar-refractivity contribution in [1.82, 2.24) is 9.97 Å². The number of nitrogen functional groups attached to an aromatic ring is 1. The topological polar surface area (TPSA) is 63.8 Å². The first-order valence-electron chi connectivity index (χ1n) is 5.98. The van der Waals surface area contributed by atoms with Crippen molar-refractivity contribution in [3.63, 3.8) is 0 Å². The molecule has 0 radical (unpaired) electrons. The number of benzene rings is 1. The van der Waals surface area contributed by atoms with E-state index in [2.05, 4.69) is 31.3 Å². The van der Waals surface area contributed by atoms with E-state index in [9.17, 15) is 0 Å². The van der Waals surface area contributed by atoms with Crippen LogP contribution in [0.15, 0.2) is 28.7 Å². The number of nitrogens with one attached hydrogen (secondary N) is 1. The summed E-state index contributed by atoms with van der Waals surface area (Å²) in [7, 11) is 0. The van der Waals surface area contributed by atoms with Crippen LogP contribution < -0.4 is 11.3 Å². The van der Waals surface area contributed by atoms with Crippen molar-refractivity contribution in [2.75, 3.05) is 5.43 Å². The Morgan fingerprint density at radius 2 is 2.05 bits per heavy atom. The maximum Gasteiger partial charge on any atom is 0.161 e. The van der Waals surface area contributed by atoms with E-state index in [1.165, 1.54) is 12.8 Å². The Morgan fingerprint density at radius 1 is 1.26 bits per heavy atom. The molecule has 0 bridgehead atoms. The molecule has 0 spiro atoms. The summed E-state index contributed by atoms with van der Waals surface area (Å²) in [5.41, 5.74) is 4.55. The molecule has 3 rings (SSSR count). The van der Waals surface area contributed by atoms with Gasteiger partial charge in [0.2, 0.25) is 0 Å². The van der Waals surface area contributed by atoms with Crippen LogP contribution >= 0.6 is 27.5 Å². The first-order chi connectivity index (χ1) is 9.17. The number of anilines is 1. The Bertz CT molecular complexity index is 628. The molecule has 1 aromatic heterocycles. The molecule has 2 aromatic rings. The monoisotopic (exact) mass is 338 g/mol. The summed E-state index contributed by atoms with van der Waals surface area (Å²) in [4.78, 5) is 9.01. The van der Waals surface area contributed by atoms with Crippen molar-refractivity contribution >= 4 is 33.3 Å². The van der Waals surface area contributed by atoms with Crippen molar-refractivity contribution < 1.29 is 0 Å². The van der Waals surface area contributed by atoms with Crippen LogP contribution in [-0.2, 0) is 0 Å². The second kappa shape index (κ2) is 5.07. The van der Waals surface area contributed by atoms with Gasteiger partial charge in [-0.1, -0.05) is 11.6 Å². The fraction of sp³-hybridized carbons (Fsp3) is 0.231. The average molecular weight is 340 g/mol.